The second kappa shape index (κ2) is 7.89. The van der Waals surface area contributed by atoms with E-state index in [9.17, 15) is 9.90 Å². The third-order valence-electron chi connectivity index (χ3n) is 4.67. The molecule has 6 heteroatoms. The van der Waals surface area contributed by atoms with E-state index in [0.29, 0.717) is 28.3 Å². The molecule has 0 spiro atoms. The topological polar surface area (TPSA) is 68.0 Å². The van der Waals surface area contributed by atoms with Gasteiger partial charge in [0, 0.05) is 10.9 Å². The number of hydrogen-bond donors (Lipinski definition) is 1. The third kappa shape index (κ3) is 3.91. The molecular formula is C23H18ClN3O2. The van der Waals surface area contributed by atoms with Gasteiger partial charge in [0.1, 0.15) is 5.15 Å². The molecule has 0 aliphatic carbocycles. The zero-order chi connectivity index (χ0) is 20.4. The van der Waals surface area contributed by atoms with Crippen molar-refractivity contribution in [3.8, 4) is 0 Å². The zero-order valence-corrected chi connectivity index (χ0v) is 16.5. The smallest absolute Gasteiger partial charge is 0.336 e. The molecule has 1 N–H and O–H groups in total. The molecule has 0 amide bonds. The van der Waals surface area contributed by atoms with Crippen molar-refractivity contribution < 1.29 is 9.90 Å². The van der Waals surface area contributed by atoms with Crippen molar-refractivity contribution in [2.24, 2.45) is 0 Å². The van der Waals surface area contributed by atoms with Crippen molar-refractivity contribution in [2.45, 2.75) is 13.5 Å². The summed E-state index contributed by atoms with van der Waals surface area (Å²) in [4.78, 5) is 16.2. The van der Waals surface area contributed by atoms with Crippen LogP contribution in [0.2, 0.25) is 5.15 Å². The van der Waals surface area contributed by atoms with Gasteiger partial charge in [-0.25, -0.2) is 14.5 Å². The summed E-state index contributed by atoms with van der Waals surface area (Å²) in [6.07, 6.45) is 3.59. The molecule has 2 heterocycles. The number of nitrogens with zero attached hydrogens (tertiary/aromatic N) is 3. The number of para-hydroxylation sites is 1. The van der Waals surface area contributed by atoms with Gasteiger partial charge in [0.2, 0.25) is 0 Å². The Kier molecular flexibility index (Phi) is 5.14. The minimum Gasteiger partial charge on any atom is -0.478 e. The first kappa shape index (κ1) is 18.9. The normalized spacial score (nSPS) is 11.4. The van der Waals surface area contributed by atoms with Crippen LogP contribution in [0.25, 0.3) is 23.1 Å². The van der Waals surface area contributed by atoms with E-state index in [1.807, 2.05) is 49.4 Å². The van der Waals surface area contributed by atoms with Crippen molar-refractivity contribution in [2.75, 3.05) is 0 Å². The lowest BCUT2D eigenvalue weighted by Gasteiger charge is -2.04. The SMILES string of the molecule is Cc1nn(Cc2ccccc2)c(Cl)c1C=Cc1cc(C(=O)O)c2ccccc2n1. The van der Waals surface area contributed by atoms with E-state index >= 15 is 0 Å². The third-order valence-corrected chi connectivity index (χ3v) is 5.07. The van der Waals surface area contributed by atoms with Crippen LogP contribution < -0.4 is 0 Å². The molecular weight excluding hydrogens is 386 g/mol. The van der Waals surface area contributed by atoms with E-state index in [4.69, 9.17) is 11.6 Å². The minimum absolute atomic E-state index is 0.220. The molecule has 0 aliphatic rings. The van der Waals surface area contributed by atoms with Gasteiger partial charge < -0.3 is 5.11 Å². The molecule has 2 aromatic carbocycles. The van der Waals surface area contributed by atoms with Crippen LogP contribution in [0.5, 0.6) is 0 Å². The van der Waals surface area contributed by atoms with Crippen molar-refractivity contribution in [3.63, 3.8) is 0 Å². The molecule has 4 aromatic rings. The Morgan fingerprint density at radius 1 is 1.10 bits per heavy atom. The number of carboxylic acids is 1. The zero-order valence-electron chi connectivity index (χ0n) is 15.7. The van der Waals surface area contributed by atoms with Gasteiger partial charge in [0.15, 0.2) is 0 Å². The molecule has 5 nitrogen and oxygen atoms in total. The summed E-state index contributed by atoms with van der Waals surface area (Å²) in [5.41, 5.74) is 4.09. The van der Waals surface area contributed by atoms with Crippen molar-refractivity contribution >= 4 is 40.6 Å². The molecule has 0 saturated heterocycles. The van der Waals surface area contributed by atoms with Crippen molar-refractivity contribution in [1.82, 2.24) is 14.8 Å². The Bertz CT molecular complexity index is 1230. The Morgan fingerprint density at radius 2 is 1.83 bits per heavy atom. The van der Waals surface area contributed by atoms with E-state index in [0.717, 1.165) is 16.8 Å². The molecule has 0 aliphatic heterocycles. The first-order valence-corrected chi connectivity index (χ1v) is 9.48. The average Bonchev–Trinajstić information content (AvgIpc) is 2.99. The van der Waals surface area contributed by atoms with Crippen LogP contribution in [0.15, 0.2) is 60.7 Å². The van der Waals surface area contributed by atoms with Crippen LogP contribution in [0.4, 0.5) is 0 Å². The number of benzene rings is 2. The average molecular weight is 404 g/mol. The Labute approximate surface area is 172 Å². The molecule has 2 aromatic heterocycles. The molecule has 144 valence electrons. The summed E-state index contributed by atoms with van der Waals surface area (Å²) < 4.78 is 1.75. The highest BCUT2D eigenvalue weighted by molar-refractivity contribution is 6.31. The van der Waals surface area contributed by atoms with Crippen LogP contribution in [-0.2, 0) is 6.54 Å². The highest BCUT2D eigenvalue weighted by atomic mass is 35.5. The lowest BCUT2D eigenvalue weighted by atomic mass is 10.1. The van der Waals surface area contributed by atoms with Gasteiger partial charge in [-0.15, -0.1) is 0 Å². The quantitative estimate of drug-likeness (QED) is 0.490. The lowest BCUT2D eigenvalue weighted by Crippen LogP contribution is -2.01. The molecule has 0 fully saturated rings. The fourth-order valence-corrected chi connectivity index (χ4v) is 3.54. The number of halogens is 1. The maximum absolute atomic E-state index is 11.6. The van der Waals surface area contributed by atoms with Crippen molar-refractivity contribution in [1.29, 1.82) is 0 Å². The first-order valence-electron chi connectivity index (χ1n) is 9.11. The Morgan fingerprint density at radius 3 is 2.59 bits per heavy atom. The number of fused-ring (bicyclic) bond motifs is 1. The lowest BCUT2D eigenvalue weighted by molar-refractivity contribution is 0.0699. The van der Waals surface area contributed by atoms with Gasteiger partial charge in [-0.2, -0.15) is 5.10 Å². The molecule has 29 heavy (non-hydrogen) atoms. The summed E-state index contributed by atoms with van der Waals surface area (Å²) in [6, 6.07) is 18.7. The summed E-state index contributed by atoms with van der Waals surface area (Å²) in [6.45, 7) is 2.47. The number of carboxylic acid groups (broad SMARTS) is 1. The molecule has 0 unspecified atom stereocenters. The molecule has 0 saturated carbocycles. The fraction of sp³-hybridized carbons (Fsp3) is 0.0870. The molecule has 0 bridgehead atoms. The number of aryl methyl sites for hydroxylation is 1. The minimum atomic E-state index is -0.983. The van der Waals surface area contributed by atoms with Gasteiger partial charge >= 0.3 is 5.97 Å². The number of hydrogen-bond acceptors (Lipinski definition) is 3. The monoisotopic (exact) mass is 403 g/mol. The second-order valence-corrected chi connectivity index (χ2v) is 7.04. The maximum atomic E-state index is 11.6. The van der Waals surface area contributed by atoms with Crippen LogP contribution in [0.1, 0.15) is 32.9 Å². The largest absolute Gasteiger partial charge is 0.478 e. The number of aromatic nitrogens is 3. The summed E-state index contributed by atoms with van der Waals surface area (Å²) in [5, 5.41) is 15.2. The van der Waals surface area contributed by atoms with Gasteiger partial charge in [0.25, 0.3) is 0 Å². The standard InChI is InChI=1S/C23H18ClN3O2/c1-15-18(22(24)27(26-15)14-16-7-3-2-4-8-16)12-11-17-13-20(23(28)29)19-9-5-6-10-21(19)25-17/h2-13H,14H2,1H3,(H,28,29). The second-order valence-electron chi connectivity index (χ2n) is 6.68. The predicted octanol–water partition coefficient (Wildman–Crippen LogP) is 5.31. The number of rotatable bonds is 5. The highest BCUT2D eigenvalue weighted by Crippen LogP contribution is 2.24. The van der Waals surface area contributed by atoms with Gasteiger partial charge in [0.05, 0.1) is 29.0 Å². The predicted molar refractivity (Wildman–Crippen MR) is 115 cm³/mol. The van der Waals surface area contributed by atoms with E-state index in [1.165, 1.54) is 0 Å². The maximum Gasteiger partial charge on any atom is 0.336 e. The van der Waals surface area contributed by atoms with E-state index in [1.54, 1.807) is 35.0 Å². The van der Waals surface area contributed by atoms with Crippen LogP contribution >= 0.6 is 11.6 Å². The Hall–Kier alpha value is -3.44. The Balaban J connectivity index is 1.68. The van der Waals surface area contributed by atoms with E-state index in [2.05, 4.69) is 10.1 Å². The van der Waals surface area contributed by atoms with Crippen LogP contribution in [0, 0.1) is 6.92 Å². The summed E-state index contributed by atoms with van der Waals surface area (Å²) in [7, 11) is 0. The molecule has 4 rings (SSSR count). The number of pyridine rings is 1. The summed E-state index contributed by atoms with van der Waals surface area (Å²) >= 11 is 6.56. The van der Waals surface area contributed by atoms with Gasteiger partial charge in [-0.05, 0) is 36.8 Å². The van der Waals surface area contributed by atoms with E-state index in [-0.39, 0.29) is 5.56 Å². The van der Waals surface area contributed by atoms with Crippen LogP contribution in [0.3, 0.4) is 0 Å². The van der Waals surface area contributed by atoms with Gasteiger partial charge in [-0.1, -0.05) is 60.1 Å². The number of carbonyl (C=O) groups is 1. The fourth-order valence-electron chi connectivity index (χ4n) is 3.24. The molecule has 0 atom stereocenters. The van der Waals surface area contributed by atoms with E-state index < -0.39 is 5.97 Å². The van der Waals surface area contributed by atoms with Gasteiger partial charge in [-0.3, -0.25) is 0 Å². The summed E-state index contributed by atoms with van der Waals surface area (Å²) in [5.74, 6) is -0.983. The van der Waals surface area contributed by atoms with Crippen molar-refractivity contribution in [3.05, 3.63) is 93.9 Å². The highest BCUT2D eigenvalue weighted by Gasteiger charge is 2.13. The van der Waals surface area contributed by atoms with Crippen LogP contribution in [-0.4, -0.2) is 25.8 Å². The number of aromatic carboxylic acids is 1. The molecule has 0 radical (unpaired) electrons. The first-order chi connectivity index (χ1) is 14.0.